The predicted molar refractivity (Wildman–Crippen MR) is 62.3 cm³/mol. The van der Waals surface area contributed by atoms with Crippen molar-refractivity contribution < 1.29 is 4.74 Å². The molecule has 0 aromatic heterocycles. The number of fused-ring (bicyclic) bond motifs is 1. The Kier molecular flexibility index (Phi) is 2.70. The monoisotopic (exact) mass is 205 g/mol. The minimum atomic E-state index is 0.0375. The SMILES string of the molecule is CC(C)(CN)c1ccc2c(c1)OCCC2. The molecule has 0 saturated carbocycles. The van der Waals surface area contributed by atoms with E-state index < -0.39 is 0 Å². The maximum Gasteiger partial charge on any atom is 0.122 e. The van der Waals surface area contributed by atoms with Gasteiger partial charge in [-0.1, -0.05) is 26.0 Å². The number of ether oxygens (including phenoxy) is 1. The summed E-state index contributed by atoms with van der Waals surface area (Å²) in [6, 6.07) is 6.52. The molecule has 2 rings (SSSR count). The molecule has 0 fully saturated rings. The average molecular weight is 205 g/mol. The van der Waals surface area contributed by atoms with Crippen LogP contribution >= 0.6 is 0 Å². The fourth-order valence-electron chi connectivity index (χ4n) is 1.88. The van der Waals surface area contributed by atoms with Crippen molar-refractivity contribution >= 4 is 0 Å². The maximum atomic E-state index is 5.77. The van der Waals surface area contributed by atoms with Crippen LogP contribution in [-0.2, 0) is 11.8 Å². The van der Waals surface area contributed by atoms with E-state index in [1.165, 1.54) is 11.1 Å². The molecule has 0 saturated heterocycles. The molecule has 1 heterocycles. The largest absolute Gasteiger partial charge is 0.493 e. The van der Waals surface area contributed by atoms with Gasteiger partial charge in [0.15, 0.2) is 0 Å². The number of rotatable bonds is 2. The molecule has 82 valence electrons. The zero-order chi connectivity index (χ0) is 10.9. The minimum Gasteiger partial charge on any atom is -0.493 e. The lowest BCUT2D eigenvalue weighted by atomic mass is 9.84. The van der Waals surface area contributed by atoms with Crippen LogP contribution in [0.5, 0.6) is 5.75 Å². The van der Waals surface area contributed by atoms with Gasteiger partial charge in [0.2, 0.25) is 0 Å². The van der Waals surface area contributed by atoms with E-state index in [0.29, 0.717) is 6.54 Å². The Morgan fingerprint density at radius 1 is 1.40 bits per heavy atom. The minimum absolute atomic E-state index is 0.0375. The van der Waals surface area contributed by atoms with Gasteiger partial charge in [-0.25, -0.2) is 0 Å². The molecule has 0 spiro atoms. The molecule has 2 heteroatoms. The molecule has 0 bridgehead atoms. The summed E-state index contributed by atoms with van der Waals surface area (Å²) in [5.41, 5.74) is 8.41. The molecule has 15 heavy (non-hydrogen) atoms. The van der Waals surface area contributed by atoms with Gasteiger partial charge >= 0.3 is 0 Å². The van der Waals surface area contributed by atoms with E-state index in [9.17, 15) is 0 Å². The van der Waals surface area contributed by atoms with E-state index in [4.69, 9.17) is 10.5 Å². The van der Waals surface area contributed by atoms with Crippen LogP contribution in [0.15, 0.2) is 18.2 Å². The summed E-state index contributed by atoms with van der Waals surface area (Å²) < 4.78 is 5.66. The van der Waals surface area contributed by atoms with Crippen LogP contribution in [0.1, 0.15) is 31.4 Å². The first kappa shape index (κ1) is 10.5. The van der Waals surface area contributed by atoms with Crippen molar-refractivity contribution in [1.29, 1.82) is 0 Å². The van der Waals surface area contributed by atoms with Crippen molar-refractivity contribution in [2.24, 2.45) is 5.73 Å². The summed E-state index contributed by atoms with van der Waals surface area (Å²) >= 11 is 0. The summed E-state index contributed by atoms with van der Waals surface area (Å²) in [5, 5.41) is 0. The number of hydrogen-bond donors (Lipinski definition) is 1. The van der Waals surface area contributed by atoms with Gasteiger partial charge in [-0.15, -0.1) is 0 Å². The second-order valence-corrected chi connectivity index (χ2v) is 4.86. The lowest BCUT2D eigenvalue weighted by Gasteiger charge is -2.26. The van der Waals surface area contributed by atoms with Gasteiger partial charge in [-0.3, -0.25) is 0 Å². The molecule has 1 aliphatic heterocycles. The molecule has 0 radical (unpaired) electrons. The normalized spacial score (nSPS) is 15.7. The van der Waals surface area contributed by atoms with Crippen molar-refractivity contribution in [2.45, 2.75) is 32.1 Å². The van der Waals surface area contributed by atoms with Crippen LogP contribution < -0.4 is 10.5 Å². The Bertz CT molecular complexity index is 358. The first-order valence-corrected chi connectivity index (χ1v) is 5.60. The second-order valence-electron chi connectivity index (χ2n) is 4.86. The molecule has 1 aromatic rings. The average Bonchev–Trinajstić information content (AvgIpc) is 2.28. The zero-order valence-corrected chi connectivity index (χ0v) is 9.55. The standard InChI is InChI=1S/C13H19NO/c1-13(2,9-14)11-6-5-10-4-3-7-15-12(10)8-11/h5-6,8H,3-4,7,9,14H2,1-2H3. The molecule has 0 amide bonds. The highest BCUT2D eigenvalue weighted by molar-refractivity contribution is 5.41. The molecule has 0 aliphatic carbocycles. The van der Waals surface area contributed by atoms with Crippen molar-refractivity contribution in [3.8, 4) is 5.75 Å². The predicted octanol–water partition coefficient (Wildman–Crippen LogP) is 2.25. The van der Waals surface area contributed by atoms with Gasteiger partial charge in [0.1, 0.15) is 5.75 Å². The van der Waals surface area contributed by atoms with Gasteiger partial charge < -0.3 is 10.5 Å². The van der Waals surface area contributed by atoms with Crippen molar-refractivity contribution in [1.82, 2.24) is 0 Å². The fraction of sp³-hybridized carbons (Fsp3) is 0.538. The second kappa shape index (κ2) is 3.86. The Labute approximate surface area is 91.4 Å². The zero-order valence-electron chi connectivity index (χ0n) is 9.55. The van der Waals surface area contributed by atoms with Crippen LogP contribution in [0, 0.1) is 0 Å². The number of aryl methyl sites for hydroxylation is 1. The molecule has 2 N–H and O–H groups in total. The lowest BCUT2D eigenvalue weighted by Crippen LogP contribution is -2.28. The van der Waals surface area contributed by atoms with E-state index in [0.717, 1.165) is 25.2 Å². The lowest BCUT2D eigenvalue weighted by molar-refractivity contribution is 0.287. The van der Waals surface area contributed by atoms with Crippen molar-refractivity contribution in [3.05, 3.63) is 29.3 Å². The topological polar surface area (TPSA) is 35.2 Å². The Morgan fingerprint density at radius 3 is 2.93 bits per heavy atom. The van der Waals surface area contributed by atoms with E-state index in [2.05, 4.69) is 32.0 Å². The third kappa shape index (κ3) is 2.00. The highest BCUT2D eigenvalue weighted by atomic mass is 16.5. The third-order valence-electron chi connectivity index (χ3n) is 3.21. The molecule has 0 atom stereocenters. The third-order valence-corrected chi connectivity index (χ3v) is 3.21. The quantitative estimate of drug-likeness (QED) is 0.803. The number of benzene rings is 1. The smallest absolute Gasteiger partial charge is 0.122 e. The Balaban J connectivity index is 2.36. The summed E-state index contributed by atoms with van der Waals surface area (Å²) in [6.45, 7) is 5.83. The van der Waals surface area contributed by atoms with Gasteiger partial charge in [0.25, 0.3) is 0 Å². The van der Waals surface area contributed by atoms with Crippen LogP contribution in [0.2, 0.25) is 0 Å². The van der Waals surface area contributed by atoms with Gasteiger partial charge in [0.05, 0.1) is 6.61 Å². The van der Waals surface area contributed by atoms with Gasteiger partial charge in [0, 0.05) is 12.0 Å². The van der Waals surface area contributed by atoms with Gasteiger partial charge in [-0.05, 0) is 30.0 Å². The van der Waals surface area contributed by atoms with Crippen LogP contribution in [0.3, 0.4) is 0 Å². The Hall–Kier alpha value is -1.02. The van der Waals surface area contributed by atoms with Crippen LogP contribution in [-0.4, -0.2) is 13.2 Å². The molecular formula is C13H19NO. The maximum absolute atomic E-state index is 5.77. The van der Waals surface area contributed by atoms with Gasteiger partial charge in [-0.2, -0.15) is 0 Å². The summed E-state index contributed by atoms with van der Waals surface area (Å²) in [7, 11) is 0. The molecule has 1 aromatic carbocycles. The highest BCUT2D eigenvalue weighted by Crippen LogP contribution is 2.30. The van der Waals surface area contributed by atoms with Crippen molar-refractivity contribution in [2.75, 3.05) is 13.2 Å². The van der Waals surface area contributed by atoms with E-state index in [-0.39, 0.29) is 5.41 Å². The molecular weight excluding hydrogens is 186 g/mol. The van der Waals surface area contributed by atoms with Crippen LogP contribution in [0.4, 0.5) is 0 Å². The molecule has 0 unspecified atom stereocenters. The van der Waals surface area contributed by atoms with E-state index >= 15 is 0 Å². The highest BCUT2D eigenvalue weighted by Gasteiger charge is 2.20. The summed E-state index contributed by atoms with van der Waals surface area (Å²) in [5.74, 6) is 1.06. The number of nitrogens with two attached hydrogens (primary N) is 1. The first-order chi connectivity index (χ1) is 7.13. The van der Waals surface area contributed by atoms with E-state index in [1.54, 1.807) is 0 Å². The summed E-state index contributed by atoms with van der Waals surface area (Å²) in [4.78, 5) is 0. The number of hydrogen-bond acceptors (Lipinski definition) is 2. The van der Waals surface area contributed by atoms with E-state index in [1.807, 2.05) is 0 Å². The van der Waals surface area contributed by atoms with Crippen molar-refractivity contribution in [3.63, 3.8) is 0 Å². The molecule has 2 nitrogen and oxygen atoms in total. The summed E-state index contributed by atoms with van der Waals surface area (Å²) in [6.07, 6.45) is 2.27. The fourth-order valence-corrected chi connectivity index (χ4v) is 1.88. The molecule has 1 aliphatic rings. The Morgan fingerprint density at radius 2 is 2.20 bits per heavy atom. The first-order valence-electron chi connectivity index (χ1n) is 5.60. The van der Waals surface area contributed by atoms with Crippen LogP contribution in [0.25, 0.3) is 0 Å².